The van der Waals surface area contributed by atoms with Crippen LogP contribution in [0.3, 0.4) is 0 Å². The molecule has 4 N–H and O–H groups in total. The molecular formula is C28H42N2O9. The lowest BCUT2D eigenvalue weighted by atomic mass is 9.85. The number of aliphatic hydroxyl groups excluding tert-OH is 3. The zero-order valence-electron chi connectivity index (χ0n) is 22.5. The van der Waals surface area contributed by atoms with E-state index in [0.717, 1.165) is 6.42 Å². The van der Waals surface area contributed by atoms with Crippen molar-refractivity contribution in [2.75, 3.05) is 13.2 Å². The number of carbonyl (C=O) groups excluding carboxylic acids is 2. The number of nitrogens with zero attached hydrogens (tertiary/aromatic N) is 1. The molecule has 0 radical (unpaired) electrons. The number of aryl methyl sites for hydroxylation is 1. The Morgan fingerprint density at radius 2 is 1.87 bits per heavy atom. The number of amides is 1. The molecule has 1 aliphatic carbocycles. The molecule has 2 rings (SSSR count). The smallest absolute Gasteiger partial charge is 0.325 e. The monoisotopic (exact) mass is 550 g/mol. The van der Waals surface area contributed by atoms with Crippen LogP contribution < -0.4 is 5.32 Å². The van der Waals surface area contributed by atoms with Gasteiger partial charge in [-0.05, 0) is 75.7 Å². The van der Waals surface area contributed by atoms with E-state index < -0.39 is 35.5 Å². The van der Waals surface area contributed by atoms with Crippen LogP contribution in [0.15, 0.2) is 42.5 Å². The molecule has 0 saturated heterocycles. The van der Waals surface area contributed by atoms with Crippen LogP contribution in [-0.4, -0.2) is 69.9 Å². The van der Waals surface area contributed by atoms with Gasteiger partial charge in [0.25, 0.3) is 5.09 Å². The van der Waals surface area contributed by atoms with Crippen LogP contribution in [0.4, 0.5) is 0 Å². The fourth-order valence-electron chi connectivity index (χ4n) is 4.89. The van der Waals surface area contributed by atoms with Crippen molar-refractivity contribution in [2.45, 2.75) is 89.1 Å². The van der Waals surface area contributed by atoms with Crippen LogP contribution in [0.2, 0.25) is 0 Å². The van der Waals surface area contributed by atoms with Crippen molar-refractivity contribution in [3.63, 3.8) is 0 Å². The molecule has 1 saturated carbocycles. The predicted octanol–water partition coefficient (Wildman–Crippen LogP) is 2.49. The van der Waals surface area contributed by atoms with Crippen LogP contribution in [0, 0.1) is 22.0 Å². The Bertz CT molecular complexity index is 912. The second-order valence-electron chi connectivity index (χ2n) is 10.1. The first-order valence-corrected chi connectivity index (χ1v) is 13.6. The third-order valence-corrected chi connectivity index (χ3v) is 6.99. The highest BCUT2D eigenvalue weighted by Crippen LogP contribution is 2.38. The number of nitrogens with one attached hydrogen (secondary N) is 1. The number of carbonyl (C=O) groups is 2. The topological polar surface area (TPSA) is 168 Å². The average molecular weight is 551 g/mol. The molecule has 1 aromatic rings. The van der Waals surface area contributed by atoms with Gasteiger partial charge in [-0.25, -0.2) is 0 Å². The van der Waals surface area contributed by atoms with Crippen LogP contribution in [0.25, 0.3) is 0 Å². The van der Waals surface area contributed by atoms with E-state index in [1.54, 1.807) is 0 Å². The first-order valence-electron chi connectivity index (χ1n) is 13.6. The molecule has 11 nitrogen and oxygen atoms in total. The molecule has 1 unspecified atom stereocenters. The number of rotatable bonds is 18. The maximum absolute atomic E-state index is 11.9. The lowest BCUT2D eigenvalue weighted by Gasteiger charge is -2.23. The van der Waals surface area contributed by atoms with E-state index in [-0.39, 0.29) is 37.3 Å². The van der Waals surface area contributed by atoms with Gasteiger partial charge in [-0.15, -0.1) is 10.1 Å². The zero-order chi connectivity index (χ0) is 28.6. The van der Waals surface area contributed by atoms with Gasteiger partial charge >= 0.3 is 5.97 Å². The van der Waals surface area contributed by atoms with E-state index in [4.69, 9.17) is 4.74 Å². The van der Waals surface area contributed by atoms with Crippen molar-refractivity contribution in [3.05, 3.63) is 58.2 Å². The number of aliphatic hydroxyl groups is 3. The summed E-state index contributed by atoms with van der Waals surface area (Å²) in [5.41, 5.74) is 1.18. The minimum atomic E-state index is -0.974. The number of ether oxygens (including phenoxy) is 1. The van der Waals surface area contributed by atoms with Gasteiger partial charge in [0.15, 0.2) is 0 Å². The van der Waals surface area contributed by atoms with Gasteiger partial charge < -0.3 is 30.2 Å². The molecule has 1 amide bonds. The summed E-state index contributed by atoms with van der Waals surface area (Å²) in [5, 5.41) is 43.0. The molecule has 11 heteroatoms. The highest BCUT2D eigenvalue weighted by molar-refractivity contribution is 5.81. The summed E-state index contributed by atoms with van der Waals surface area (Å²) in [5.74, 6) is -1.17. The van der Waals surface area contributed by atoms with Crippen molar-refractivity contribution >= 4 is 11.9 Å². The first-order chi connectivity index (χ1) is 18.7. The van der Waals surface area contributed by atoms with Gasteiger partial charge in [-0.3, -0.25) is 9.59 Å². The molecule has 0 spiro atoms. The Morgan fingerprint density at radius 3 is 2.59 bits per heavy atom. The van der Waals surface area contributed by atoms with E-state index in [1.165, 1.54) is 12.5 Å². The standard InChI is InChI=1S/C28H42N2O9/c1-20(19-38-30(36)37)39-28(35)18-29-27(34)12-8-3-2-7-11-23-24(26(33)17-25(23)32)16-15-22(31)14-13-21-9-5-4-6-10-21/h2,4-7,9-10,20,22-26,31-33H,3,8,11-19H2,1H3,(H,29,34)/b7-2-/t20?,22-,23+,24+,25-,26+/m0/s1. The van der Waals surface area contributed by atoms with E-state index in [9.17, 15) is 35.0 Å². The normalized spacial score (nSPS) is 22.4. The van der Waals surface area contributed by atoms with Gasteiger partial charge in [0.2, 0.25) is 5.91 Å². The Kier molecular flexibility index (Phi) is 14.5. The Labute approximate surface area is 229 Å². The Balaban J connectivity index is 1.62. The average Bonchev–Trinajstić information content (AvgIpc) is 3.17. The van der Waals surface area contributed by atoms with E-state index in [2.05, 4.69) is 10.2 Å². The van der Waals surface area contributed by atoms with Gasteiger partial charge in [0, 0.05) is 6.42 Å². The highest BCUT2D eigenvalue weighted by Gasteiger charge is 2.40. The number of esters is 1. The molecule has 39 heavy (non-hydrogen) atoms. The van der Waals surface area contributed by atoms with E-state index in [1.807, 2.05) is 42.5 Å². The number of unbranched alkanes of at least 4 members (excludes halogenated alkanes) is 1. The SMILES string of the molecule is CC(CO[N+](=O)[O-])OC(=O)CNC(=O)CCC/C=C\C[C@@H]1[C@@H](CC[C@@H](O)CCc2ccccc2)[C@H](O)C[C@@H]1O. The number of hydrogen-bond acceptors (Lipinski definition) is 9. The summed E-state index contributed by atoms with van der Waals surface area (Å²) in [4.78, 5) is 37.9. The Hall–Kier alpha value is -3.02. The zero-order valence-corrected chi connectivity index (χ0v) is 22.5. The summed E-state index contributed by atoms with van der Waals surface area (Å²) >= 11 is 0. The highest BCUT2D eigenvalue weighted by atomic mass is 17.0. The summed E-state index contributed by atoms with van der Waals surface area (Å²) in [6.45, 7) is 0.731. The second kappa shape index (κ2) is 17.5. The maximum Gasteiger partial charge on any atom is 0.325 e. The summed E-state index contributed by atoms with van der Waals surface area (Å²) in [7, 11) is 0. The largest absolute Gasteiger partial charge is 0.459 e. The molecule has 0 aliphatic heterocycles. The molecule has 0 bridgehead atoms. The van der Waals surface area contributed by atoms with Crippen LogP contribution in [0.1, 0.15) is 63.9 Å². The summed E-state index contributed by atoms with van der Waals surface area (Å²) < 4.78 is 4.90. The first kappa shape index (κ1) is 32.2. The van der Waals surface area contributed by atoms with Crippen molar-refractivity contribution < 1.29 is 39.6 Å². The summed E-state index contributed by atoms with van der Waals surface area (Å²) in [6, 6.07) is 10.0. The molecule has 0 aromatic heterocycles. The molecule has 218 valence electrons. The van der Waals surface area contributed by atoms with Crippen molar-refractivity contribution in [3.8, 4) is 0 Å². The van der Waals surface area contributed by atoms with Crippen molar-refractivity contribution in [1.29, 1.82) is 0 Å². The number of benzene rings is 1. The minimum absolute atomic E-state index is 0.0737. The van der Waals surface area contributed by atoms with Crippen LogP contribution >= 0.6 is 0 Å². The Morgan fingerprint density at radius 1 is 1.15 bits per heavy atom. The molecule has 1 aliphatic rings. The van der Waals surface area contributed by atoms with Gasteiger partial charge in [0.1, 0.15) is 19.3 Å². The second-order valence-corrected chi connectivity index (χ2v) is 10.1. The predicted molar refractivity (Wildman–Crippen MR) is 143 cm³/mol. The molecule has 0 heterocycles. The lowest BCUT2D eigenvalue weighted by Crippen LogP contribution is -2.33. The van der Waals surface area contributed by atoms with Crippen molar-refractivity contribution in [2.24, 2.45) is 11.8 Å². The van der Waals surface area contributed by atoms with Gasteiger partial charge in [0.05, 0.1) is 18.3 Å². The molecular weight excluding hydrogens is 508 g/mol. The van der Waals surface area contributed by atoms with Crippen LogP contribution in [0.5, 0.6) is 0 Å². The maximum atomic E-state index is 11.9. The lowest BCUT2D eigenvalue weighted by molar-refractivity contribution is -0.759. The quantitative estimate of drug-likeness (QED) is 0.0705. The van der Waals surface area contributed by atoms with E-state index >= 15 is 0 Å². The molecule has 6 atom stereocenters. The van der Waals surface area contributed by atoms with Gasteiger partial charge in [-0.1, -0.05) is 42.5 Å². The fraction of sp³-hybridized carbons (Fsp3) is 0.643. The van der Waals surface area contributed by atoms with Crippen molar-refractivity contribution in [1.82, 2.24) is 5.32 Å². The minimum Gasteiger partial charge on any atom is -0.459 e. The number of hydrogen-bond donors (Lipinski definition) is 4. The third kappa shape index (κ3) is 13.1. The fourth-order valence-corrected chi connectivity index (χ4v) is 4.89. The molecule has 1 fully saturated rings. The summed E-state index contributed by atoms with van der Waals surface area (Å²) in [6.07, 6.45) is 6.54. The third-order valence-electron chi connectivity index (χ3n) is 6.99. The van der Waals surface area contributed by atoms with Crippen LogP contribution in [-0.2, 0) is 25.6 Å². The number of allylic oxidation sites excluding steroid dienone is 2. The molecule has 1 aromatic carbocycles. The van der Waals surface area contributed by atoms with Gasteiger partial charge in [-0.2, -0.15) is 0 Å². The van der Waals surface area contributed by atoms with E-state index in [0.29, 0.717) is 44.9 Å².